The maximum absolute atomic E-state index is 12.4. The van der Waals surface area contributed by atoms with E-state index in [4.69, 9.17) is 16.3 Å². The van der Waals surface area contributed by atoms with Crippen molar-refractivity contribution in [3.8, 4) is 5.75 Å². The van der Waals surface area contributed by atoms with Crippen LogP contribution in [0.25, 0.3) is 0 Å². The molecule has 1 N–H and O–H groups in total. The number of H-pyrrole nitrogens is 1. The Bertz CT molecular complexity index is 725. The van der Waals surface area contributed by atoms with Gasteiger partial charge in [0.05, 0.1) is 18.0 Å². The lowest BCUT2D eigenvalue weighted by atomic mass is 9.91. The van der Waals surface area contributed by atoms with E-state index in [9.17, 15) is 4.79 Å². The molecule has 0 aliphatic carbocycles. The Kier molecular flexibility index (Phi) is 7.16. The number of aryl methyl sites for hydroxylation is 2. The molecule has 1 aliphatic heterocycles. The number of likely N-dealkylation sites (tertiary alicyclic amines) is 1. The second kappa shape index (κ2) is 9.79. The van der Waals surface area contributed by atoms with E-state index in [1.165, 1.54) is 5.69 Å². The molecule has 1 saturated heterocycles. The number of hydrogen-bond acceptors (Lipinski definition) is 3. The highest BCUT2D eigenvalue weighted by molar-refractivity contribution is 6.32. The van der Waals surface area contributed by atoms with Gasteiger partial charge in [0, 0.05) is 31.4 Å². The number of carbonyl (C=O) groups is 1. The van der Waals surface area contributed by atoms with Gasteiger partial charge in [-0.1, -0.05) is 17.7 Å². The predicted molar refractivity (Wildman–Crippen MR) is 107 cm³/mol. The van der Waals surface area contributed by atoms with Crippen molar-refractivity contribution in [2.75, 3.05) is 19.7 Å². The van der Waals surface area contributed by atoms with Crippen molar-refractivity contribution < 1.29 is 9.53 Å². The number of piperidine rings is 1. The lowest BCUT2D eigenvalue weighted by Crippen LogP contribution is -2.38. The van der Waals surface area contributed by atoms with Gasteiger partial charge < -0.3 is 14.6 Å². The molecular formula is C21H28ClN3O2. The Morgan fingerprint density at radius 1 is 1.37 bits per heavy atom. The number of nitrogens with zero attached hydrogens (tertiary/aromatic N) is 2. The van der Waals surface area contributed by atoms with Crippen LogP contribution in [-0.2, 0) is 11.2 Å². The fourth-order valence-corrected chi connectivity index (χ4v) is 3.83. The molecule has 5 nitrogen and oxygen atoms in total. The molecule has 0 bridgehead atoms. The Morgan fingerprint density at radius 2 is 2.19 bits per heavy atom. The third-order valence-corrected chi connectivity index (χ3v) is 5.52. The molecule has 1 fully saturated rings. The zero-order chi connectivity index (χ0) is 19.1. The number of amides is 1. The lowest BCUT2D eigenvalue weighted by molar-refractivity contribution is -0.132. The molecule has 27 heavy (non-hydrogen) atoms. The molecular weight excluding hydrogens is 362 g/mol. The summed E-state index contributed by atoms with van der Waals surface area (Å²) in [6.07, 6.45) is 9.25. The molecule has 1 amide bonds. The fraction of sp³-hybridized carbons (Fsp3) is 0.524. The third kappa shape index (κ3) is 5.99. The summed E-state index contributed by atoms with van der Waals surface area (Å²) in [7, 11) is 0. The van der Waals surface area contributed by atoms with E-state index in [0.29, 0.717) is 36.1 Å². The number of ether oxygens (including phenoxy) is 1. The minimum Gasteiger partial charge on any atom is -0.492 e. The van der Waals surface area contributed by atoms with Gasteiger partial charge in [-0.25, -0.2) is 4.98 Å². The normalized spacial score (nSPS) is 15.1. The van der Waals surface area contributed by atoms with Gasteiger partial charge in [0.15, 0.2) is 0 Å². The van der Waals surface area contributed by atoms with Crippen LogP contribution in [0.3, 0.4) is 0 Å². The summed E-state index contributed by atoms with van der Waals surface area (Å²) in [6, 6.07) is 5.74. The van der Waals surface area contributed by atoms with Crippen LogP contribution in [0.4, 0.5) is 0 Å². The maximum Gasteiger partial charge on any atom is 0.222 e. The molecule has 0 atom stereocenters. The SMILES string of the molecule is Cc1ccc(OCCCC(=O)N2CCC(CCc3cnc[nH]3)CC2)c(Cl)c1. The Hall–Kier alpha value is -2.01. The number of aromatic nitrogens is 2. The first-order chi connectivity index (χ1) is 13.1. The number of imidazole rings is 1. The van der Waals surface area contributed by atoms with Crippen LogP contribution in [0.15, 0.2) is 30.7 Å². The Labute approximate surface area is 166 Å². The van der Waals surface area contributed by atoms with Crippen molar-refractivity contribution in [3.63, 3.8) is 0 Å². The summed E-state index contributed by atoms with van der Waals surface area (Å²) in [5.41, 5.74) is 2.30. The molecule has 6 heteroatoms. The maximum atomic E-state index is 12.4. The Morgan fingerprint density at radius 3 is 2.89 bits per heavy atom. The van der Waals surface area contributed by atoms with Gasteiger partial charge in [-0.2, -0.15) is 0 Å². The molecule has 1 aliphatic rings. The first kappa shape index (κ1) is 19.7. The molecule has 1 aromatic heterocycles. The molecule has 0 saturated carbocycles. The summed E-state index contributed by atoms with van der Waals surface area (Å²) in [4.78, 5) is 21.6. The molecule has 2 heterocycles. The van der Waals surface area contributed by atoms with Gasteiger partial charge in [-0.15, -0.1) is 0 Å². The number of carbonyl (C=O) groups excluding carboxylic acids is 1. The van der Waals surface area contributed by atoms with E-state index >= 15 is 0 Å². The largest absolute Gasteiger partial charge is 0.492 e. The van der Waals surface area contributed by atoms with Gasteiger partial charge >= 0.3 is 0 Å². The number of nitrogens with one attached hydrogen (secondary N) is 1. The smallest absolute Gasteiger partial charge is 0.222 e. The standard InChI is InChI=1S/C21H28ClN3O2/c1-16-4-7-20(19(22)13-16)27-12-2-3-21(26)25-10-8-17(9-11-25)5-6-18-14-23-15-24-18/h4,7,13-15,17H,2-3,5-6,8-12H2,1H3,(H,23,24). The molecule has 3 rings (SSSR count). The zero-order valence-corrected chi connectivity index (χ0v) is 16.7. The van der Waals surface area contributed by atoms with Crippen molar-refractivity contribution in [2.45, 2.75) is 45.4 Å². The van der Waals surface area contributed by atoms with Crippen LogP contribution in [0, 0.1) is 12.8 Å². The topological polar surface area (TPSA) is 58.2 Å². The van der Waals surface area contributed by atoms with E-state index in [1.807, 2.05) is 36.2 Å². The highest BCUT2D eigenvalue weighted by atomic mass is 35.5. The van der Waals surface area contributed by atoms with Gasteiger partial charge in [0.25, 0.3) is 0 Å². The van der Waals surface area contributed by atoms with E-state index in [-0.39, 0.29) is 5.91 Å². The van der Waals surface area contributed by atoms with Gasteiger partial charge in [0.1, 0.15) is 5.75 Å². The van der Waals surface area contributed by atoms with Crippen LogP contribution in [-0.4, -0.2) is 40.5 Å². The number of aromatic amines is 1. The van der Waals surface area contributed by atoms with E-state index in [0.717, 1.165) is 44.3 Å². The predicted octanol–water partition coefficient (Wildman–Crippen LogP) is 4.40. The Balaban J connectivity index is 1.31. The molecule has 0 spiro atoms. The van der Waals surface area contributed by atoms with Crippen molar-refractivity contribution in [2.24, 2.45) is 5.92 Å². The molecule has 1 aromatic carbocycles. The highest BCUT2D eigenvalue weighted by Gasteiger charge is 2.22. The van der Waals surface area contributed by atoms with Crippen LogP contribution < -0.4 is 4.74 Å². The third-order valence-electron chi connectivity index (χ3n) is 5.22. The summed E-state index contributed by atoms with van der Waals surface area (Å²) in [5, 5.41) is 0.624. The van der Waals surface area contributed by atoms with Crippen molar-refractivity contribution in [3.05, 3.63) is 47.0 Å². The first-order valence-corrected chi connectivity index (χ1v) is 10.1. The van der Waals surface area contributed by atoms with Gasteiger partial charge in [-0.3, -0.25) is 4.79 Å². The van der Waals surface area contributed by atoms with E-state index in [1.54, 1.807) is 6.33 Å². The average Bonchev–Trinajstić information content (AvgIpc) is 3.19. The van der Waals surface area contributed by atoms with Gasteiger partial charge in [-0.05, 0) is 62.6 Å². The number of rotatable bonds is 8. The molecule has 2 aromatic rings. The van der Waals surface area contributed by atoms with Crippen molar-refractivity contribution in [1.82, 2.24) is 14.9 Å². The monoisotopic (exact) mass is 389 g/mol. The van der Waals surface area contributed by atoms with Crippen molar-refractivity contribution in [1.29, 1.82) is 0 Å². The molecule has 0 unspecified atom stereocenters. The van der Waals surface area contributed by atoms with Crippen LogP contribution in [0.5, 0.6) is 5.75 Å². The second-order valence-electron chi connectivity index (χ2n) is 7.33. The number of benzene rings is 1. The van der Waals surface area contributed by atoms with E-state index in [2.05, 4.69) is 9.97 Å². The minimum atomic E-state index is 0.237. The average molecular weight is 390 g/mol. The summed E-state index contributed by atoms with van der Waals surface area (Å²) in [5.74, 6) is 1.62. The molecule has 0 radical (unpaired) electrons. The van der Waals surface area contributed by atoms with Crippen LogP contribution >= 0.6 is 11.6 Å². The number of hydrogen-bond donors (Lipinski definition) is 1. The highest BCUT2D eigenvalue weighted by Crippen LogP contribution is 2.25. The quantitative estimate of drug-likeness (QED) is 0.680. The first-order valence-electron chi connectivity index (χ1n) is 9.76. The fourth-order valence-electron chi connectivity index (χ4n) is 3.54. The zero-order valence-electron chi connectivity index (χ0n) is 15.9. The summed E-state index contributed by atoms with van der Waals surface area (Å²) < 4.78 is 5.70. The second-order valence-corrected chi connectivity index (χ2v) is 7.73. The lowest BCUT2D eigenvalue weighted by Gasteiger charge is -2.32. The van der Waals surface area contributed by atoms with E-state index < -0.39 is 0 Å². The summed E-state index contributed by atoms with van der Waals surface area (Å²) in [6.45, 7) is 4.25. The van der Waals surface area contributed by atoms with Crippen molar-refractivity contribution >= 4 is 17.5 Å². The minimum absolute atomic E-state index is 0.237. The number of halogens is 1. The summed E-state index contributed by atoms with van der Waals surface area (Å²) >= 11 is 6.16. The van der Waals surface area contributed by atoms with Gasteiger partial charge in [0.2, 0.25) is 5.91 Å². The van der Waals surface area contributed by atoms with Crippen LogP contribution in [0.1, 0.15) is 43.4 Å². The van der Waals surface area contributed by atoms with Crippen LogP contribution in [0.2, 0.25) is 5.02 Å². The molecule has 146 valence electrons.